The van der Waals surface area contributed by atoms with Crippen molar-refractivity contribution in [3.8, 4) is 0 Å². The largest absolute Gasteiger partial charge is 0.456 e. The lowest BCUT2D eigenvalue weighted by Crippen LogP contribution is -2.72. The molecule has 2 rings (SSSR count). The van der Waals surface area contributed by atoms with E-state index in [2.05, 4.69) is 5.32 Å². The Morgan fingerprint density at radius 1 is 1.62 bits per heavy atom. The molecule has 2 aliphatic heterocycles. The second-order valence-corrected chi connectivity index (χ2v) is 3.65. The first-order valence-corrected chi connectivity index (χ1v) is 4.21. The third-order valence-corrected chi connectivity index (χ3v) is 2.88. The van der Waals surface area contributed by atoms with Crippen LogP contribution in [-0.4, -0.2) is 34.7 Å². The van der Waals surface area contributed by atoms with Crippen LogP contribution < -0.4 is 5.32 Å². The highest BCUT2D eigenvalue weighted by molar-refractivity contribution is 5.99. The molecular formula is C8H11NO4. The molecule has 0 bridgehead atoms. The third-order valence-electron chi connectivity index (χ3n) is 2.88. The number of carbonyl (C=O) groups excluding carboxylic acids is 2. The molecule has 0 aromatic heterocycles. The molecule has 13 heavy (non-hydrogen) atoms. The first-order chi connectivity index (χ1) is 6.00. The van der Waals surface area contributed by atoms with Gasteiger partial charge in [-0.3, -0.25) is 4.79 Å². The fourth-order valence-electron chi connectivity index (χ4n) is 1.95. The lowest BCUT2D eigenvalue weighted by atomic mass is 9.81. The van der Waals surface area contributed by atoms with Gasteiger partial charge in [0.2, 0.25) is 11.4 Å². The van der Waals surface area contributed by atoms with Crippen LogP contribution in [-0.2, 0) is 14.3 Å². The van der Waals surface area contributed by atoms with E-state index in [9.17, 15) is 14.7 Å². The number of ether oxygens (including phenoxy) is 1. The number of aliphatic hydroxyl groups excluding tert-OH is 1. The smallest absolute Gasteiger partial charge is 0.338 e. The van der Waals surface area contributed by atoms with Crippen molar-refractivity contribution in [2.75, 3.05) is 0 Å². The van der Waals surface area contributed by atoms with E-state index in [4.69, 9.17) is 4.74 Å². The van der Waals surface area contributed by atoms with Crippen LogP contribution in [0.15, 0.2) is 0 Å². The van der Waals surface area contributed by atoms with E-state index in [1.165, 1.54) is 6.92 Å². The standard InChI is InChI=1S/C8H11NO4/c1-3-5-8(4(2)10,7(12)13-5)9-6(3)11/h3-5,10H,1-2H3,(H,9,11)/t3-,4?,5+,8-/m1/s1. The zero-order chi connectivity index (χ0) is 9.80. The van der Waals surface area contributed by atoms with Crippen LogP contribution in [0.25, 0.3) is 0 Å². The third kappa shape index (κ3) is 0.751. The van der Waals surface area contributed by atoms with Crippen molar-refractivity contribution < 1.29 is 19.4 Å². The van der Waals surface area contributed by atoms with Gasteiger partial charge in [0.05, 0.1) is 12.0 Å². The van der Waals surface area contributed by atoms with Crippen LogP contribution in [0.5, 0.6) is 0 Å². The summed E-state index contributed by atoms with van der Waals surface area (Å²) in [6.45, 7) is 3.16. The maximum absolute atomic E-state index is 11.2. The molecule has 2 N–H and O–H groups in total. The monoisotopic (exact) mass is 185 g/mol. The second kappa shape index (κ2) is 2.23. The number of fused-ring (bicyclic) bond motifs is 1. The lowest BCUT2D eigenvalue weighted by Gasteiger charge is -2.44. The van der Waals surface area contributed by atoms with E-state index in [0.29, 0.717) is 0 Å². The summed E-state index contributed by atoms with van der Waals surface area (Å²) in [5.41, 5.74) is -1.17. The molecule has 2 saturated heterocycles. The van der Waals surface area contributed by atoms with E-state index in [-0.39, 0.29) is 11.8 Å². The van der Waals surface area contributed by atoms with Gasteiger partial charge in [0, 0.05) is 0 Å². The minimum atomic E-state index is -1.17. The van der Waals surface area contributed by atoms with Crippen molar-refractivity contribution in [1.29, 1.82) is 0 Å². The normalized spacial score (nSPS) is 44.5. The fraction of sp³-hybridized carbons (Fsp3) is 0.750. The summed E-state index contributed by atoms with van der Waals surface area (Å²) in [6, 6.07) is 0. The summed E-state index contributed by atoms with van der Waals surface area (Å²) < 4.78 is 4.83. The van der Waals surface area contributed by atoms with E-state index in [1.807, 2.05) is 0 Å². The number of nitrogens with one attached hydrogen (secondary N) is 1. The molecule has 0 spiro atoms. The Labute approximate surface area is 75.1 Å². The van der Waals surface area contributed by atoms with E-state index in [1.54, 1.807) is 6.92 Å². The number of carbonyl (C=O) groups is 2. The molecule has 1 amide bonds. The van der Waals surface area contributed by atoms with Gasteiger partial charge >= 0.3 is 5.97 Å². The van der Waals surface area contributed by atoms with Crippen molar-refractivity contribution in [3.63, 3.8) is 0 Å². The van der Waals surface area contributed by atoms with Gasteiger partial charge in [-0.15, -0.1) is 0 Å². The zero-order valence-electron chi connectivity index (χ0n) is 7.40. The molecule has 5 nitrogen and oxygen atoms in total. The Hall–Kier alpha value is -1.10. The molecule has 0 saturated carbocycles. The number of amides is 1. The minimum Gasteiger partial charge on any atom is -0.456 e. The molecule has 0 aromatic carbocycles. The highest BCUT2D eigenvalue weighted by atomic mass is 16.6. The van der Waals surface area contributed by atoms with E-state index >= 15 is 0 Å². The summed E-state index contributed by atoms with van der Waals surface area (Å²) in [5, 5.41) is 11.9. The molecule has 72 valence electrons. The van der Waals surface area contributed by atoms with Gasteiger partial charge in [0.15, 0.2) is 0 Å². The molecular weight excluding hydrogens is 174 g/mol. The molecule has 0 radical (unpaired) electrons. The molecule has 4 atom stereocenters. The maximum Gasteiger partial charge on any atom is 0.338 e. The zero-order valence-corrected chi connectivity index (χ0v) is 7.40. The van der Waals surface area contributed by atoms with Crippen molar-refractivity contribution >= 4 is 11.9 Å². The predicted molar refractivity (Wildman–Crippen MR) is 41.6 cm³/mol. The second-order valence-electron chi connectivity index (χ2n) is 3.65. The summed E-state index contributed by atoms with van der Waals surface area (Å²) in [6.07, 6.45) is -1.42. The maximum atomic E-state index is 11.2. The quantitative estimate of drug-likeness (QED) is 0.503. The number of hydrogen-bond acceptors (Lipinski definition) is 4. The molecule has 2 fully saturated rings. The van der Waals surface area contributed by atoms with Crippen LogP contribution >= 0.6 is 0 Å². The van der Waals surface area contributed by atoms with Gasteiger partial charge in [-0.1, -0.05) is 0 Å². The van der Waals surface area contributed by atoms with E-state index in [0.717, 1.165) is 0 Å². The highest BCUT2D eigenvalue weighted by Crippen LogP contribution is 2.40. The van der Waals surface area contributed by atoms with Crippen LogP contribution in [0, 0.1) is 5.92 Å². The van der Waals surface area contributed by atoms with Gasteiger partial charge in [-0.25, -0.2) is 4.79 Å². The number of aliphatic hydroxyl groups is 1. The Morgan fingerprint density at radius 2 is 2.23 bits per heavy atom. The number of rotatable bonds is 1. The van der Waals surface area contributed by atoms with Gasteiger partial charge in [0.1, 0.15) is 6.10 Å². The predicted octanol–water partition coefficient (Wildman–Crippen LogP) is -1.20. The molecule has 0 aromatic rings. The van der Waals surface area contributed by atoms with Gasteiger partial charge in [0.25, 0.3) is 0 Å². The lowest BCUT2D eigenvalue weighted by molar-refractivity contribution is -0.202. The first kappa shape index (κ1) is 8.50. The summed E-state index contributed by atoms with van der Waals surface area (Å²) >= 11 is 0. The van der Waals surface area contributed by atoms with Crippen molar-refractivity contribution in [1.82, 2.24) is 5.32 Å². The summed E-state index contributed by atoms with van der Waals surface area (Å²) in [4.78, 5) is 22.4. The van der Waals surface area contributed by atoms with Gasteiger partial charge in [-0.05, 0) is 13.8 Å². The van der Waals surface area contributed by atoms with Gasteiger partial charge in [-0.2, -0.15) is 0 Å². The molecule has 2 heterocycles. The highest BCUT2D eigenvalue weighted by Gasteiger charge is 2.69. The Balaban J connectivity index is 2.36. The molecule has 5 heteroatoms. The molecule has 0 aliphatic carbocycles. The molecule has 1 unspecified atom stereocenters. The first-order valence-electron chi connectivity index (χ1n) is 4.21. The number of esters is 1. The average Bonchev–Trinajstić information content (AvgIpc) is 2.25. The Morgan fingerprint density at radius 3 is 2.54 bits per heavy atom. The van der Waals surface area contributed by atoms with Gasteiger partial charge < -0.3 is 15.2 Å². The van der Waals surface area contributed by atoms with Crippen LogP contribution in [0.1, 0.15) is 13.8 Å². The average molecular weight is 185 g/mol. The fourth-order valence-corrected chi connectivity index (χ4v) is 1.95. The van der Waals surface area contributed by atoms with Crippen molar-refractivity contribution in [2.24, 2.45) is 5.92 Å². The Kier molecular flexibility index (Phi) is 1.46. The summed E-state index contributed by atoms with van der Waals surface area (Å²) in [7, 11) is 0. The Bertz CT molecular complexity index is 288. The minimum absolute atomic E-state index is 0.239. The molecule has 2 aliphatic rings. The number of hydrogen-bond donors (Lipinski definition) is 2. The topological polar surface area (TPSA) is 75.6 Å². The SMILES string of the molecule is CC(O)[C@@]12NC(=O)[C@H](C)[C@@H]1OC2=O. The van der Waals surface area contributed by atoms with E-state index < -0.39 is 23.7 Å². The van der Waals surface area contributed by atoms with Crippen LogP contribution in [0.4, 0.5) is 0 Å². The van der Waals surface area contributed by atoms with Crippen molar-refractivity contribution in [2.45, 2.75) is 31.6 Å². The summed E-state index contributed by atoms with van der Waals surface area (Å²) in [5.74, 6) is -1.14. The van der Waals surface area contributed by atoms with Crippen LogP contribution in [0.3, 0.4) is 0 Å². The van der Waals surface area contributed by atoms with Crippen molar-refractivity contribution in [3.05, 3.63) is 0 Å². The van der Waals surface area contributed by atoms with Crippen LogP contribution in [0.2, 0.25) is 0 Å².